The minimum atomic E-state index is -0.960. The fourth-order valence-corrected chi connectivity index (χ4v) is 4.15. The molecule has 1 aromatic carbocycles. The van der Waals surface area contributed by atoms with E-state index in [9.17, 15) is 4.79 Å². The molecule has 0 aliphatic carbocycles. The lowest BCUT2D eigenvalue weighted by molar-refractivity contribution is -0.136. The molecule has 0 unspecified atom stereocenters. The van der Waals surface area contributed by atoms with E-state index in [1.165, 1.54) is 0 Å². The van der Waals surface area contributed by atoms with Crippen LogP contribution in [0.2, 0.25) is 10.3 Å². The van der Waals surface area contributed by atoms with E-state index >= 15 is 0 Å². The van der Waals surface area contributed by atoms with Gasteiger partial charge in [-0.15, -0.1) is 0 Å². The number of ether oxygens (including phenoxy) is 2. The van der Waals surface area contributed by atoms with Crippen LogP contribution in [0.4, 0.5) is 5.82 Å². The monoisotopic (exact) mass is 482 g/mol. The first-order chi connectivity index (χ1) is 15.4. The number of aliphatic carboxylic acids is 1. The molecule has 1 fully saturated rings. The molecule has 0 amide bonds. The third kappa shape index (κ3) is 6.85. The van der Waals surface area contributed by atoms with Gasteiger partial charge in [0.25, 0.3) is 0 Å². The number of piperidine rings is 1. The zero-order valence-electron chi connectivity index (χ0n) is 18.2. The molecule has 8 nitrogen and oxygen atoms in total. The highest BCUT2D eigenvalue weighted by Gasteiger charge is 2.22. The predicted molar refractivity (Wildman–Crippen MR) is 124 cm³/mol. The minimum Gasteiger partial charge on any atom is -0.494 e. The van der Waals surface area contributed by atoms with Crippen molar-refractivity contribution in [1.29, 1.82) is 0 Å². The lowest BCUT2D eigenvalue weighted by Gasteiger charge is -2.33. The maximum Gasteiger partial charge on any atom is 0.309 e. The first-order valence-electron chi connectivity index (χ1n) is 10.7. The number of halogens is 2. The van der Waals surface area contributed by atoms with Gasteiger partial charge in [-0.2, -0.15) is 0 Å². The molecule has 0 bridgehead atoms. The molecule has 0 radical (unpaired) electrons. The average molecular weight is 483 g/mol. The lowest BCUT2D eigenvalue weighted by Crippen LogP contribution is -2.38. The van der Waals surface area contributed by atoms with Crippen LogP contribution >= 0.6 is 23.2 Å². The van der Waals surface area contributed by atoms with Crippen molar-refractivity contribution in [2.75, 3.05) is 31.6 Å². The van der Waals surface area contributed by atoms with Gasteiger partial charge in [-0.3, -0.25) is 9.69 Å². The summed E-state index contributed by atoms with van der Waals surface area (Å²) in [5, 5.41) is 13.0. The second kappa shape index (κ2) is 11.5. The number of carboxylic acid groups (broad SMARTS) is 1. The Morgan fingerprint density at radius 3 is 2.53 bits per heavy atom. The highest BCUT2D eigenvalue weighted by Crippen LogP contribution is 2.34. The summed E-state index contributed by atoms with van der Waals surface area (Å²) < 4.78 is 11.4. The molecule has 0 atom stereocenters. The van der Waals surface area contributed by atoms with Gasteiger partial charge in [-0.05, 0) is 49.9 Å². The summed E-state index contributed by atoms with van der Waals surface area (Å²) >= 11 is 12.5. The highest BCUT2D eigenvalue weighted by molar-refractivity contribution is 6.32. The first-order valence-corrected chi connectivity index (χ1v) is 11.5. The molecule has 2 aromatic rings. The molecule has 2 N–H and O–H groups in total. The van der Waals surface area contributed by atoms with E-state index in [-0.39, 0.29) is 17.7 Å². The molecule has 0 spiro atoms. The number of nitrogens with zero attached hydrogens (tertiary/aromatic N) is 3. The molecular weight excluding hydrogens is 455 g/mol. The van der Waals surface area contributed by atoms with Gasteiger partial charge in [0.1, 0.15) is 17.3 Å². The van der Waals surface area contributed by atoms with E-state index in [4.69, 9.17) is 37.8 Å². The fourth-order valence-electron chi connectivity index (χ4n) is 3.72. The third-order valence-corrected chi connectivity index (χ3v) is 5.71. The molecule has 3 rings (SSSR count). The van der Waals surface area contributed by atoms with Gasteiger partial charge >= 0.3 is 5.97 Å². The molecule has 174 valence electrons. The molecule has 1 aliphatic rings. The van der Waals surface area contributed by atoms with Gasteiger partial charge in [-0.25, -0.2) is 9.97 Å². The average Bonchev–Trinajstić information content (AvgIpc) is 2.72. The van der Waals surface area contributed by atoms with Gasteiger partial charge in [0.05, 0.1) is 30.4 Å². The maximum atomic E-state index is 11.0. The number of rotatable bonds is 10. The largest absolute Gasteiger partial charge is 0.494 e. The third-order valence-electron chi connectivity index (χ3n) is 5.12. The van der Waals surface area contributed by atoms with Crippen LogP contribution in [0.3, 0.4) is 0 Å². The SMILES string of the molecule is CCOc1cc(CN2CCC(Nc3cc(CC(=O)O)nc(Cl)n3)CC2)c(Cl)c(OCC)c1. The second-order valence-corrected chi connectivity index (χ2v) is 8.26. The molecule has 1 aromatic heterocycles. The molecule has 2 heterocycles. The Hall–Kier alpha value is -2.29. The summed E-state index contributed by atoms with van der Waals surface area (Å²) in [6, 6.07) is 5.66. The number of likely N-dealkylation sites (tertiary alicyclic amines) is 1. The lowest BCUT2D eigenvalue weighted by atomic mass is 10.0. The van der Waals surface area contributed by atoms with Crippen molar-refractivity contribution in [3.63, 3.8) is 0 Å². The van der Waals surface area contributed by atoms with Gasteiger partial charge in [-0.1, -0.05) is 11.6 Å². The van der Waals surface area contributed by atoms with Crippen LogP contribution in [0.15, 0.2) is 18.2 Å². The summed E-state index contributed by atoms with van der Waals surface area (Å²) in [6.07, 6.45) is 1.61. The zero-order chi connectivity index (χ0) is 23.1. The van der Waals surface area contributed by atoms with E-state index in [0.29, 0.717) is 42.0 Å². The molecule has 1 saturated heterocycles. The Balaban J connectivity index is 1.61. The quantitative estimate of drug-likeness (QED) is 0.484. The van der Waals surface area contributed by atoms with E-state index in [1.807, 2.05) is 26.0 Å². The Morgan fingerprint density at radius 1 is 1.16 bits per heavy atom. The second-order valence-electron chi connectivity index (χ2n) is 7.54. The summed E-state index contributed by atoms with van der Waals surface area (Å²) in [4.78, 5) is 21.4. The van der Waals surface area contributed by atoms with Crippen molar-refractivity contribution in [3.05, 3.63) is 39.8 Å². The Bertz CT molecular complexity index is 936. The normalized spacial score (nSPS) is 14.9. The smallest absolute Gasteiger partial charge is 0.309 e. The summed E-state index contributed by atoms with van der Waals surface area (Å²) in [6.45, 7) is 7.43. The van der Waals surface area contributed by atoms with Crippen LogP contribution in [-0.4, -0.2) is 58.3 Å². The summed E-state index contributed by atoms with van der Waals surface area (Å²) in [5.41, 5.74) is 1.36. The Kier molecular flexibility index (Phi) is 8.78. The Labute approximate surface area is 197 Å². The fraction of sp³-hybridized carbons (Fsp3) is 0.500. The number of aromatic nitrogens is 2. The zero-order valence-corrected chi connectivity index (χ0v) is 19.7. The van der Waals surface area contributed by atoms with Gasteiger partial charge in [0, 0.05) is 37.8 Å². The summed E-state index contributed by atoms with van der Waals surface area (Å²) in [7, 11) is 0. The van der Waals surface area contributed by atoms with E-state index in [2.05, 4.69) is 20.2 Å². The standard InChI is InChI=1S/C22H28Cl2N4O4/c1-3-31-17-9-14(21(23)18(12-17)32-4-2)13-28-7-5-15(6-8-28)25-19-10-16(11-20(29)30)26-22(24)27-19/h9-10,12,15H,3-8,11,13H2,1-2H3,(H,29,30)(H,25,26,27). The number of anilines is 1. The predicted octanol–water partition coefficient (Wildman–Crippen LogP) is 4.28. The van der Waals surface area contributed by atoms with Crippen molar-refractivity contribution in [1.82, 2.24) is 14.9 Å². The topological polar surface area (TPSA) is 96.8 Å². The molecule has 32 heavy (non-hydrogen) atoms. The van der Waals surface area contributed by atoms with Gasteiger partial charge in [0.15, 0.2) is 0 Å². The van der Waals surface area contributed by atoms with Crippen LogP contribution < -0.4 is 14.8 Å². The first kappa shape index (κ1) is 24.4. The number of carbonyl (C=O) groups is 1. The number of benzene rings is 1. The van der Waals surface area contributed by atoms with Crippen molar-refractivity contribution < 1.29 is 19.4 Å². The van der Waals surface area contributed by atoms with Crippen molar-refractivity contribution in [2.24, 2.45) is 0 Å². The molecular formula is C22H28Cl2N4O4. The van der Waals surface area contributed by atoms with Crippen molar-refractivity contribution in [3.8, 4) is 11.5 Å². The van der Waals surface area contributed by atoms with Crippen LogP contribution in [0.5, 0.6) is 11.5 Å². The van der Waals surface area contributed by atoms with Crippen LogP contribution in [-0.2, 0) is 17.8 Å². The molecule has 10 heteroatoms. The van der Waals surface area contributed by atoms with Crippen LogP contribution in [0.25, 0.3) is 0 Å². The van der Waals surface area contributed by atoms with E-state index in [0.717, 1.165) is 37.2 Å². The van der Waals surface area contributed by atoms with Crippen LogP contribution in [0, 0.1) is 0 Å². The van der Waals surface area contributed by atoms with E-state index in [1.54, 1.807) is 6.07 Å². The molecule has 0 saturated carbocycles. The highest BCUT2D eigenvalue weighted by atomic mass is 35.5. The van der Waals surface area contributed by atoms with E-state index < -0.39 is 5.97 Å². The van der Waals surface area contributed by atoms with Gasteiger partial charge in [0.2, 0.25) is 5.28 Å². The maximum absolute atomic E-state index is 11.0. The molecule has 1 aliphatic heterocycles. The minimum absolute atomic E-state index is 0.0395. The summed E-state index contributed by atoms with van der Waals surface area (Å²) in [5.74, 6) is 0.987. The number of hydrogen-bond acceptors (Lipinski definition) is 7. The number of nitrogens with one attached hydrogen (secondary N) is 1. The van der Waals surface area contributed by atoms with Crippen molar-refractivity contribution >= 4 is 35.0 Å². The Morgan fingerprint density at radius 2 is 1.88 bits per heavy atom. The van der Waals surface area contributed by atoms with Crippen LogP contribution in [0.1, 0.15) is 37.9 Å². The number of carboxylic acids is 1. The van der Waals surface area contributed by atoms with Crippen molar-refractivity contribution in [2.45, 2.75) is 45.7 Å². The van der Waals surface area contributed by atoms with Gasteiger partial charge < -0.3 is 19.9 Å². The number of hydrogen-bond donors (Lipinski definition) is 2.